The first-order chi connectivity index (χ1) is 16.3. The Morgan fingerprint density at radius 2 is 1.79 bits per heavy atom. The largest absolute Gasteiger partial charge is 0.493 e. The zero-order chi connectivity index (χ0) is 22.6. The number of thiophene rings is 1. The van der Waals surface area contributed by atoms with Crippen LogP contribution in [0.4, 0.5) is 0 Å². The number of ether oxygens (including phenoxy) is 2. The molecule has 0 aliphatic heterocycles. The maximum atomic E-state index is 5.58. The number of methoxy groups -OCH3 is 2. The van der Waals surface area contributed by atoms with E-state index < -0.39 is 0 Å². The van der Waals surface area contributed by atoms with Crippen molar-refractivity contribution in [1.82, 2.24) is 19.7 Å². The van der Waals surface area contributed by atoms with Gasteiger partial charge in [0.1, 0.15) is 5.01 Å². The highest BCUT2D eigenvalue weighted by molar-refractivity contribution is 7.98. The lowest BCUT2D eigenvalue weighted by Crippen LogP contribution is -1.98. The Balaban J connectivity index is 1.42. The number of hydrogen-bond donors (Lipinski definition) is 0. The van der Waals surface area contributed by atoms with Crippen molar-refractivity contribution in [3.8, 4) is 38.5 Å². The summed E-state index contributed by atoms with van der Waals surface area (Å²) in [4.78, 5) is 5.93. The zero-order valence-corrected chi connectivity index (χ0v) is 20.4. The van der Waals surface area contributed by atoms with E-state index in [2.05, 4.69) is 43.7 Å². The molecule has 0 saturated carbocycles. The molecular formula is C24H20N4O2S3. The lowest BCUT2D eigenvalue weighted by atomic mass is 10.2. The summed E-state index contributed by atoms with van der Waals surface area (Å²) in [6.07, 6.45) is 0. The molecule has 0 aliphatic carbocycles. The highest BCUT2D eigenvalue weighted by Gasteiger charge is 2.18. The maximum Gasteiger partial charge on any atom is 0.196 e. The zero-order valence-electron chi connectivity index (χ0n) is 18.0. The van der Waals surface area contributed by atoms with E-state index in [9.17, 15) is 0 Å². The van der Waals surface area contributed by atoms with Gasteiger partial charge in [0.05, 0.1) is 30.4 Å². The molecule has 6 nitrogen and oxygen atoms in total. The van der Waals surface area contributed by atoms with Crippen molar-refractivity contribution >= 4 is 34.4 Å². The molecule has 2 aromatic carbocycles. The first kappa shape index (κ1) is 21.7. The Kier molecular flexibility index (Phi) is 6.43. The quantitative estimate of drug-likeness (QED) is 0.233. The molecule has 0 amide bonds. The summed E-state index contributed by atoms with van der Waals surface area (Å²) in [5, 5.41) is 14.8. The molecule has 0 bridgehead atoms. The Hall–Kier alpha value is -3.14. The molecule has 3 heterocycles. The third-order valence-corrected chi connectivity index (χ3v) is 7.68. The van der Waals surface area contributed by atoms with Crippen molar-refractivity contribution in [2.24, 2.45) is 0 Å². The van der Waals surface area contributed by atoms with Gasteiger partial charge in [0.25, 0.3) is 0 Å². The van der Waals surface area contributed by atoms with Gasteiger partial charge < -0.3 is 9.47 Å². The predicted molar refractivity (Wildman–Crippen MR) is 135 cm³/mol. The summed E-state index contributed by atoms with van der Waals surface area (Å²) in [6.45, 7) is 0. The van der Waals surface area contributed by atoms with Crippen LogP contribution in [0.15, 0.2) is 76.6 Å². The minimum Gasteiger partial charge on any atom is -0.493 e. The summed E-state index contributed by atoms with van der Waals surface area (Å²) >= 11 is 4.87. The van der Waals surface area contributed by atoms with Crippen molar-refractivity contribution in [2.75, 3.05) is 14.2 Å². The van der Waals surface area contributed by atoms with Crippen LogP contribution in [0.5, 0.6) is 11.5 Å². The topological polar surface area (TPSA) is 62.1 Å². The molecule has 3 aromatic heterocycles. The van der Waals surface area contributed by atoms with Gasteiger partial charge in [0, 0.05) is 16.8 Å². The van der Waals surface area contributed by atoms with Crippen LogP contribution in [0.25, 0.3) is 27.0 Å². The first-order valence-electron chi connectivity index (χ1n) is 10.1. The monoisotopic (exact) mass is 492 g/mol. The predicted octanol–water partition coefficient (Wildman–Crippen LogP) is 6.43. The number of rotatable bonds is 8. The Bertz CT molecular complexity index is 1350. The van der Waals surface area contributed by atoms with Crippen LogP contribution < -0.4 is 9.47 Å². The molecule has 0 aliphatic rings. The van der Waals surface area contributed by atoms with Gasteiger partial charge in [-0.3, -0.25) is 4.57 Å². The number of nitrogens with zero attached hydrogens (tertiary/aromatic N) is 4. The van der Waals surface area contributed by atoms with Crippen LogP contribution in [0, 0.1) is 0 Å². The molecule has 166 valence electrons. The van der Waals surface area contributed by atoms with Gasteiger partial charge in [-0.1, -0.05) is 42.1 Å². The molecule has 0 radical (unpaired) electrons. The van der Waals surface area contributed by atoms with E-state index in [0.717, 1.165) is 37.8 Å². The number of aromatic nitrogens is 4. The fourth-order valence-corrected chi connectivity index (χ4v) is 5.92. The highest BCUT2D eigenvalue weighted by Crippen LogP contribution is 2.39. The number of benzene rings is 2. The molecule has 33 heavy (non-hydrogen) atoms. The van der Waals surface area contributed by atoms with E-state index in [0.29, 0.717) is 17.3 Å². The summed E-state index contributed by atoms with van der Waals surface area (Å²) in [5.74, 6) is 2.91. The molecule has 9 heteroatoms. The van der Waals surface area contributed by atoms with E-state index in [1.807, 2.05) is 42.5 Å². The Morgan fingerprint density at radius 3 is 2.55 bits per heavy atom. The molecule has 0 N–H and O–H groups in total. The average Bonchev–Trinajstić information content (AvgIpc) is 3.63. The van der Waals surface area contributed by atoms with Gasteiger partial charge in [-0.05, 0) is 35.7 Å². The van der Waals surface area contributed by atoms with Gasteiger partial charge in [0.15, 0.2) is 22.5 Å². The molecule has 0 unspecified atom stereocenters. The summed E-state index contributed by atoms with van der Waals surface area (Å²) in [7, 11) is 3.28. The second-order valence-electron chi connectivity index (χ2n) is 6.93. The highest BCUT2D eigenvalue weighted by atomic mass is 32.2. The fraction of sp³-hybridized carbons (Fsp3) is 0.125. The molecule has 0 spiro atoms. The van der Waals surface area contributed by atoms with E-state index in [1.165, 1.54) is 0 Å². The van der Waals surface area contributed by atoms with Crippen molar-refractivity contribution in [3.05, 3.63) is 77.1 Å². The summed E-state index contributed by atoms with van der Waals surface area (Å²) in [5.41, 5.74) is 2.93. The van der Waals surface area contributed by atoms with Gasteiger partial charge in [0.2, 0.25) is 0 Å². The van der Waals surface area contributed by atoms with E-state index >= 15 is 0 Å². The second-order valence-corrected chi connectivity index (χ2v) is 9.68. The van der Waals surface area contributed by atoms with Crippen LogP contribution in [-0.2, 0) is 5.75 Å². The van der Waals surface area contributed by atoms with Crippen LogP contribution >= 0.6 is 34.4 Å². The smallest absolute Gasteiger partial charge is 0.196 e. The van der Waals surface area contributed by atoms with Crippen molar-refractivity contribution in [2.45, 2.75) is 10.9 Å². The van der Waals surface area contributed by atoms with Crippen LogP contribution in [0.1, 0.15) is 5.69 Å². The first-order valence-corrected chi connectivity index (χ1v) is 12.9. The molecule has 0 saturated heterocycles. The lowest BCUT2D eigenvalue weighted by molar-refractivity contribution is 0.356. The third kappa shape index (κ3) is 4.39. The number of para-hydroxylation sites is 2. The Morgan fingerprint density at radius 1 is 0.909 bits per heavy atom. The fourth-order valence-electron chi connectivity index (χ4n) is 3.43. The van der Waals surface area contributed by atoms with E-state index in [-0.39, 0.29) is 0 Å². The Labute approximate surface area is 203 Å². The van der Waals surface area contributed by atoms with E-state index in [4.69, 9.17) is 14.5 Å². The SMILES string of the molecule is COc1cccc(-c2nc(CSc3nnc(-c4cccs4)n3-c3ccccc3)cs2)c1OC. The number of thiazole rings is 1. The molecule has 0 fully saturated rings. The van der Waals surface area contributed by atoms with Crippen molar-refractivity contribution in [3.63, 3.8) is 0 Å². The maximum absolute atomic E-state index is 5.58. The lowest BCUT2D eigenvalue weighted by Gasteiger charge is -2.10. The summed E-state index contributed by atoms with van der Waals surface area (Å²) < 4.78 is 13.1. The normalized spacial score (nSPS) is 11.0. The van der Waals surface area contributed by atoms with Crippen molar-refractivity contribution < 1.29 is 9.47 Å². The second kappa shape index (κ2) is 9.78. The standard InChI is InChI=1S/C24H20N4O2S3/c1-29-19-11-6-10-18(21(19)30-2)23-25-16(14-32-23)15-33-24-27-26-22(20-12-7-13-31-20)28(24)17-8-4-3-5-9-17/h3-14H,15H2,1-2H3. The van der Waals surface area contributed by atoms with Gasteiger partial charge in [-0.2, -0.15) is 0 Å². The van der Waals surface area contributed by atoms with Crippen LogP contribution in [0.3, 0.4) is 0 Å². The molecule has 5 aromatic rings. The molecule has 5 rings (SSSR count). The van der Waals surface area contributed by atoms with Gasteiger partial charge in [-0.25, -0.2) is 4.98 Å². The third-order valence-electron chi connectivity index (χ3n) is 4.92. The minimum absolute atomic E-state index is 0.679. The van der Waals surface area contributed by atoms with Gasteiger partial charge in [-0.15, -0.1) is 32.9 Å². The minimum atomic E-state index is 0.679. The number of hydrogen-bond acceptors (Lipinski definition) is 8. The van der Waals surface area contributed by atoms with Crippen molar-refractivity contribution in [1.29, 1.82) is 0 Å². The number of thioether (sulfide) groups is 1. The van der Waals surface area contributed by atoms with Gasteiger partial charge >= 0.3 is 0 Å². The van der Waals surface area contributed by atoms with Crippen LogP contribution in [0.2, 0.25) is 0 Å². The van der Waals surface area contributed by atoms with E-state index in [1.54, 1.807) is 48.7 Å². The van der Waals surface area contributed by atoms with Crippen LogP contribution in [-0.4, -0.2) is 34.0 Å². The average molecular weight is 493 g/mol. The molecular weight excluding hydrogens is 472 g/mol. The summed E-state index contributed by atoms with van der Waals surface area (Å²) in [6, 6.07) is 20.1. The molecule has 0 atom stereocenters.